The van der Waals surface area contributed by atoms with Crippen molar-refractivity contribution in [2.24, 2.45) is 34.5 Å². The third kappa shape index (κ3) is 2.94. The first-order valence-corrected chi connectivity index (χ1v) is 11.9. The van der Waals surface area contributed by atoms with E-state index in [0.717, 1.165) is 57.8 Å². The van der Waals surface area contributed by atoms with Crippen LogP contribution in [-0.4, -0.2) is 33.1 Å². The molecule has 3 N–H and O–H groups in total. The van der Waals surface area contributed by atoms with E-state index in [1.807, 2.05) is 6.92 Å². The zero-order chi connectivity index (χ0) is 20.3. The Kier molecular flexibility index (Phi) is 5.29. The van der Waals surface area contributed by atoms with E-state index in [1.54, 1.807) is 0 Å². The van der Waals surface area contributed by atoms with Gasteiger partial charge in [-0.05, 0) is 106 Å². The lowest BCUT2D eigenvalue weighted by molar-refractivity contribution is -0.151. The monoisotopic (exact) mass is 390 g/mol. The maximum atomic E-state index is 11.9. The third-order valence-corrected chi connectivity index (χ3v) is 10.1. The summed E-state index contributed by atoms with van der Waals surface area (Å²) in [5.41, 5.74) is 1.20. The van der Waals surface area contributed by atoms with E-state index in [4.69, 9.17) is 0 Å². The van der Waals surface area contributed by atoms with Crippen LogP contribution >= 0.6 is 0 Å². The molecule has 9 atom stereocenters. The second-order valence-electron chi connectivity index (χ2n) is 11.4. The number of fused-ring (bicyclic) bond motifs is 5. The van der Waals surface area contributed by atoms with E-state index in [0.29, 0.717) is 17.8 Å². The van der Waals surface area contributed by atoms with Gasteiger partial charge in [0.05, 0.1) is 17.8 Å². The van der Waals surface area contributed by atoms with Crippen molar-refractivity contribution in [2.45, 2.75) is 110 Å². The molecule has 0 aromatic carbocycles. The third-order valence-electron chi connectivity index (χ3n) is 10.1. The molecule has 4 aliphatic carbocycles. The van der Waals surface area contributed by atoms with E-state index in [9.17, 15) is 15.3 Å². The molecule has 4 aliphatic rings. The Bertz CT molecular complexity index is 627. The molecule has 0 heterocycles. The summed E-state index contributed by atoms with van der Waals surface area (Å²) in [5.74, 6) is 2.24. The summed E-state index contributed by atoms with van der Waals surface area (Å²) >= 11 is 0. The van der Waals surface area contributed by atoms with Crippen molar-refractivity contribution in [2.75, 3.05) is 0 Å². The highest BCUT2D eigenvalue weighted by atomic mass is 16.3. The van der Waals surface area contributed by atoms with Gasteiger partial charge in [-0.1, -0.05) is 32.4 Å². The van der Waals surface area contributed by atoms with Crippen molar-refractivity contribution in [1.29, 1.82) is 0 Å². The normalized spacial score (nSPS) is 50.2. The van der Waals surface area contributed by atoms with Crippen molar-refractivity contribution < 1.29 is 15.3 Å². The second kappa shape index (κ2) is 7.10. The molecule has 0 radical (unpaired) electrons. The molecule has 0 saturated heterocycles. The van der Waals surface area contributed by atoms with Gasteiger partial charge in [0.1, 0.15) is 0 Å². The molecule has 0 aromatic rings. The van der Waals surface area contributed by atoms with Gasteiger partial charge in [-0.25, -0.2) is 0 Å². The smallest absolute Gasteiger partial charge is 0.0729 e. The topological polar surface area (TPSA) is 60.7 Å². The van der Waals surface area contributed by atoms with Gasteiger partial charge in [0.25, 0.3) is 0 Å². The first-order valence-electron chi connectivity index (χ1n) is 11.9. The lowest BCUT2D eigenvalue weighted by Crippen LogP contribution is -2.56. The van der Waals surface area contributed by atoms with Gasteiger partial charge in [0, 0.05) is 0 Å². The molecule has 4 unspecified atom stereocenters. The SMILES string of the molecule is CC(O)CC[C@@H](C)[C@@]1(O)CCC2C3CC=C4C[C@@H](O)CC[C@]4(C)C3CC[C@@]21C. The summed E-state index contributed by atoms with van der Waals surface area (Å²) in [4.78, 5) is 0. The summed E-state index contributed by atoms with van der Waals surface area (Å²) in [7, 11) is 0. The van der Waals surface area contributed by atoms with Crippen LogP contribution in [0, 0.1) is 34.5 Å². The Hall–Kier alpha value is -0.380. The fourth-order valence-electron chi connectivity index (χ4n) is 8.23. The van der Waals surface area contributed by atoms with Crippen molar-refractivity contribution in [1.82, 2.24) is 0 Å². The minimum absolute atomic E-state index is 0.00214. The molecule has 0 aliphatic heterocycles. The van der Waals surface area contributed by atoms with Crippen LogP contribution in [0.1, 0.15) is 91.9 Å². The second-order valence-corrected chi connectivity index (χ2v) is 11.4. The summed E-state index contributed by atoms with van der Waals surface area (Å²) in [5, 5.41) is 31.8. The van der Waals surface area contributed by atoms with Crippen molar-refractivity contribution >= 4 is 0 Å². The molecule has 3 heteroatoms. The Morgan fingerprint density at radius 2 is 1.75 bits per heavy atom. The van der Waals surface area contributed by atoms with Crippen LogP contribution in [0.25, 0.3) is 0 Å². The van der Waals surface area contributed by atoms with E-state index in [1.165, 1.54) is 12.0 Å². The van der Waals surface area contributed by atoms with Gasteiger partial charge in [-0.15, -0.1) is 0 Å². The minimum atomic E-state index is -0.592. The molecule has 0 aromatic heterocycles. The van der Waals surface area contributed by atoms with Crippen LogP contribution < -0.4 is 0 Å². The maximum absolute atomic E-state index is 11.9. The highest BCUT2D eigenvalue weighted by molar-refractivity contribution is 5.26. The maximum Gasteiger partial charge on any atom is 0.0729 e. The number of aliphatic hydroxyl groups excluding tert-OH is 2. The highest BCUT2D eigenvalue weighted by Crippen LogP contribution is 2.68. The minimum Gasteiger partial charge on any atom is -0.393 e. The Morgan fingerprint density at radius 1 is 1.04 bits per heavy atom. The predicted octanol–water partition coefficient (Wildman–Crippen LogP) is 4.84. The van der Waals surface area contributed by atoms with Crippen molar-refractivity contribution in [3.63, 3.8) is 0 Å². The summed E-state index contributed by atoms with van der Waals surface area (Å²) in [6, 6.07) is 0. The zero-order valence-electron chi connectivity index (χ0n) is 18.5. The van der Waals surface area contributed by atoms with Crippen LogP contribution in [0.3, 0.4) is 0 Å². The molecule has 160 valence electrons. The number of hydrogen-bond donors (Lipinski definition) is 3. The van der Waals surface area contributed by atoms with E-state index in [2.05, 4.69) is 26.8 Å². The molecule has 4 rings (SSSR count). The Morgan fingerprint density at radius 3 is 2.46 bits per heavy atom. The first kappa shape index (κ1) is 20.9. The largest absolute Gasteiger partial charge is 0.393 e. The van der Waals surface area contributed by atoms with Gasteiger partial charge in [-0.2, -0.15) is 0 Å². The highest BCUT2D eigenvalue weighted by Gasteiger charge is 2.64. The van der Waals surface area contributed by atoms with Gasteiger partial charge < -0.3 is 15.3 Å². The lowest BCUT2D eigenvalue weighted by Gasteiger charge is -2.59. The van der Waals surface area contributed by atoms with Crippen LogP contribution in [0.15, 0.2) is 11.6 Å². The average molecular weight is 391 g/mol. The van der Waals surface area contributed by atoms with E-state index < -0.39 is 5.60 Å². The molecule has 28 heavy (non-hydrogen) atoms. The molecular formula is C25H42O3. The number of rotatable bonds is 4. The van der Waals surface area contributed by atoms with Crippen molar-refractivity contribution in [3.8, 4) is 0 Å². The molecule has 3 fully saturated rings. The van der Waals surface area contributed by atoms with Crippen LogP contribution in [0.2, 0.25) is 0 Å². The lowest BCUT2D eigenvalue weighted by atomic mass is 9.46. The number of allylic oxidation sites excluding steroid dienone is 1. The van der Waals surface area contributed by atoms with Gasteiger partial charge >= 0.3 is 0 Å². The van der Waals surface area contributed by atoms with Crippen LogP contribution in [0.5, 0.6) is 0 Å². The standard InChI is InChI=1S/C25H42O3/c1-16(5-6-17(2)26)25(28)14-11-22-20-8-7-18-15-19(27)9-12-23(18,3)21(20)10-13-24(22,25)4/h7,16-17,19-22,26-28H,5-6,8-15H2,1-4H3/t16-,17?,19+,20?,21?,22?,23+,24+,25+/m1/s1. The fraction of sp³-hybridized carbons (Fsp3) is 0.920. The van der Waals surface area contributed by atoms with Crippen LogP contribution in [-0.2, 0) is 0 Å². The molecule has 0 amide bonds. The van der Waals surface area contributed by atoms with E-state index >= 15 is 0 Å². The Labute approximate surface area is 171 Å². The van der Waals surface area contributed by atoms with Crippen molar-refractivity contribution in [3.05, 3.63) is 11.6 Å². The molecule has 0 bridgehead atoms. The Balaban J connectivity index is 1.58. The summed E-state index contributed by atoms with van der Waals surface area (Å²) < 4.78 is 0. The molecule has 3 nitrogen and oxygen atoms in total. The quantitative estimate of drug-likeness (QED) is 0.602. The predicted molar refractivity (Wildman–Crippen MR) is 113 cm³/mol. The molecular weight excluding hydrogens is 348 g/mol. The first-order chi connectivity index (χ1) is 13.1. The summed E-state index contributed by atoms with van der Waals surface area (Å²) in [6.07, 6.45) is 12.2. The zero-order valence-corrected chi connectivity index (χ0v) is 18.5. The number of hydrogen-bond acceptors (Lipinski definition) is 3. The number of aliphatic hydroxyl groups is 3. The fourth-order valence-corrected chi connectivity index (χ4v) is 8.23. The van der Waals surface area contributed by atoms with E-state index in [-0.39, 0.29) is 29.0 Å². The van der Waals surface area contributed by atoms with Crippen LogP contribution in [0.4, 0.5) is 0 Å². The van der Waals surface area contributed by atoms with Gasteiger partial charge in [-0.3, -0.25) is 0 Å². The van der Waals surface area contributed by atoms with Gasteiger partial charge in [0.2, 0.25) is 0 Å². The average Bonchev–Trinajstić information content (AvgIpc) is 2.92. The van der Waals surface area contributed by atoms with Gasteiger partial charge in [0.15, 0.2) is 0 Å². The summed E-state index contributed by atoms with van der Waals surface area (Å²) in [6.45, 7) is 8.92. The molecule has 3 saturated carbocycles. The molecule has 0 spiro atoms.